The van der Waals surface area contributed by atoms with Crippen LogP contribution in [0.3, 0.4) is 0 Å². The zero-order chi connectivity index (χ0) is 21.8. The molecule has 1 fully saturated rings. The predicted octanol–water partition coefficient (Wildman–Crippen LogP) is 3.14. The minimum Gasteiger partial charge on any atom is -0.481 e. The molecule has 7 heteroatoms. The molecule has 0 radical (unpaired) electrons. The number of hydrogen-bond acceptors (Lipinski definition) is 4. The molecular formula is C24H26N2O5. The molecule has 2 aliphatic rings. The van der Waals surface area contributed by atoms with Gasteiger partial charge in [-0.3, -0.25) is 9.59 Å². The number of benzene rings is 2. The topological polar surface area (TPSA) is 105 Å². The maximum absolute atomic E-state index is 12.1. The fourth-order valence-corrected chi connectivity index (χ4v) is 4.31. The summed E-state index contributed by atoms with van der Waals surface area (Å²) < 4.78 is 5.41. The molecule has 4 rings (SSSR count). The van der Waals surface area contributed by atoms with Crippen molar-refractivity contribution in [3.63, 3.8) is 0 Å². The highest BCUT2D eigenvalue weighted by Gasteiger charge is 2.33. The Labute approximate surface area is 180 Å². The van der Waals surface area contributed by atoms with E-state index in [-0.39, 0.29) is 37.3 Å². The molecule has 2 aromatic rings. The molecule has 0 aromatic heterocycles. The number of carbonyl (C=O) groups is 3. The van der Waals surface area contributed by atoms with Crippen molar-refractivity contribution < 1.29 is 24.2 Å². The van der Waals surface area contributed by atoms with Gasteiger partial charge in [0, 0.05) is 12.5 Å². The number of rotatable bonds is 9. The third-order valence-electron chi connectivity index (χ3n) is 6.02. The van der Waals surface area contributed by atoms with Gasteiger partial charge in [-0.2, -0.15) is 0 Å². The highest BCUT2D eigenvalue weighted by atomic mass is 16.5. The Morgan fingerprint density at radius 1 is 0.968 bits per heavy atom. The molecule has 1 atom stereocenters. The standard InChI is InChI=1S/C24H26N2O5/c27-22(25-12-16(11-23(28)29)15-9-10-15)13-26-24(30)31-14-21-19-7-3-1-5-17(19)18-6-2-4-8-20(18)21/h1-8,15-16,21H,9-14H2,(H,25,27)(H,26,30)(H,28,29). The van der Waals surface area contributed by atoms with Gasteiger partial charge >= 0.3 is 12.1 Å². The van der Waals surface area contributed by atoms with Crippen molar-refractivity contribution in [3.8, 4) is 11.1 Å². The molecule has 3 N–H and O–H groups in total. The Hall–Kier alpha value is -3.35. The molecule has 0 bridgehead atoms. The number of amides is 2. The van der Waals surface area contributed by atoms with E-state index in [9.17, 15) is 14.4 Å². The Bertz CT molecular complexity index is 940. The second kappa shape index (κ2) is 9.20. The smallest absolute Gasteiger partial charge is 0.407 e. The monoisotopic (exact) mass is 422 g/mol. The summed E-state index contributed by atoms with van der Waals surface area (Å²) in [5.74, 6) is -0.947. The van der Waals surface area contributed by atoms with Gasteiger partial charge in [-0.15, -0.1) is 0 Å². The van der Waals surface area contributed by atoms with Gasteiger partial charge in [0.15, 0.2) is 0 Å². The predicted molar refractivity (Wildman–Crippen MR) is 115 cm³/mol. The van der Waals surface area contributed by atoms with Crippen LogP contribution in [0, 0.1) is 11.8 Å². The van der Waals surface area contributed by atoms with Crippen molar-refractivity contribution in [1.29, 1.82) is 0 Å². The van der Waals surface area contributed by atoms with Crippen LogP contribution in [0.4, 0.5) is 4.79 Å². The van der Waals surface area contributed by atoms with E-state index in [1.807, 2.05) is 36.4 Å². The van der Waals surface area contributed by atoms with Crippen molar-refractivity contribution in [2.75, 3.05) is 19.7 Å². The minimum absolute atomic E-state index is 0.0395. The summed E-state index contributed by atoms with van der Waals surface area (Å²) in [6.07, 6.45) is 1.41. The lowest BCUT2D eigenvalue weighted by Gasteiger charge is -2.16. The van der Waals surface area contributed by atoms with Crippen LogP contribution < -0.4 is 10.6 Å². The Morgan fingerprint density at radius 2 is 1.58 bits per heavy atom. The molecular weight excluding hydrogens is 396 g/mol. The van der Waals surface area contributed by atoms with Crippen molar-refractivity contribution in [3.05, 3.63) is 59.7 Å². The van der Waals surface area contributed by atoms with E-state index in [4.69, 9.17) is 9.84 Å². The van der Waals surface area contributed by atoms with Crippen LogP contribution in [0.15, 0.2) is 48.5 Å². The fraction of sp³-hybridized carbons (Fsp3) is 0.375. The number of carboxylic acids is 1. The zero-order valence-corrected chi connectivity index (χ0v) is 17.2. The first-order valence-corrected chi connectivity index (χ1v) is 10.6. The number of fused-ring (bicyclic) bond motifs is 3. The quantitative estimate of drug-likeness (QED) is 0.576. The first-order chi connectivity index (χ1) is 15.0. The Balaban J connectivity index is 1.24. The van der Waals surface area contributed by atoms with Crippen LogP contribution in [0.5, 0.6) is 0 Å². The molecule has 2 aliphatic carbocycles. The van der Waals surface area contributed by atoms with Crippen LogP contribution in [0.2, 0.25) is 0 Å². The van der Waals surface area contributed by atoms with Gasteiger partial charge < -0.3 is 20.5 Å². The van der Waals surface area contributed by atoms with Crippen molar-refractivity contribution in [2.24, 2.45) is 11.8 Å². The van der Waals surface area contributed by atoms with Gasteiger partial charge in [0.25, 0.3) is 0 Å². The average molecular weight is 422 g/mol. The molecule has 2 amide bonds. The first-order valence-electron chi connectivity index (χ1n) is 10.6. The van der Waals surface area contributed by atoms with E-state index < -0.39 is 12.1 Å². The van der Waals surface area contributed by atoms with Crippen LogP contribution >= 0.6 is 0 Å². The largest absolute Gasteiger partial charge is 0.481 e. The lowest BCUT2D eigenvalue weighted by Crippen LogP contribution is -2.40. The highest BCUT2D eigenvalue weighted by molar-refractivity contribution is 5.82. The number of carboxylic acid groups (broad SMARTS) is 1. The number of hydrogen-bond donors (Lipinski definition) is 3. The number of carbonyl (C=O) groups excluding carboxylic acids is 2. The second-order valence-corrected chi connectivity index (χ2v) is 8.18. The molecule has 0 spiro atoms. The summed E-state index contributed by atoms with van der Waals surface area (Å²) in [6.45, 7) is 0.285. The van der Waals surface area contributed by atoms with Crippen molar-refractivity contribution in [2.45, 2.75) is 25.2 Å². The number of ether oxygens (including phenoxy) is 1. The third kappa shape index (κ3) is 5.05. The van der Waals surface area contributed by atoms with Crippen LogP contribution in [-0.2, 0) is 14.3 Å². The number of alkyl carbamates (subject to hydrolysis) is 1. The average Bonchev–Trinajstić information content (AvgIpc) is 3.56. The first kappa shape index (κ1) is 20.9. The number of nitrogens with one attached hydrogen (secondary N) is 2. The third-order valence-corrected chi connectivity index (χ3v) is 6.02. The van der Waals surface area contributed by atoms with E-state index in [0.29, 0.717) is 12.5 Å². The van der Waals surface area contributed by atoms with Gasteiger partial charge in [-0.1, -0.05) is 48.5 Å². The maximum atomic E-state index is 12.1. The Morgan fingerprint density at radius 3 is 2.16 bits per heavy atom. The zero-order valence-electron chi connectivity index (χ0n) is 17.2. The van der Waals surface area contributed by atoms with Crippen molar-refractivity contribution in [1.82, 2.24) is 10.6 Å². The molecule has 1 saturated carbocycles. The summed E-state index contributed by atoms with van der Waals surface area (Å²) >= 11 is 0. The van der Waals surface area contributed by atoms with E-state index in [1.54, 1.807) is 0 Å². The van der Waals surface area contributed by atoms with E-state index in [2.05, 4.69) is 22.8 Å². The van der Waals surface area contributed by atoms with E-state index >= 15 is 0 Å². The fourth-order valence-electron chi connectivity index (χ4n) is 4.31. The number of aliphatic carboxylic acids is 1. The molecule has 1 unspecified atom stereocenters. The van der Waals surface area contributed by atoms with E-state index in [1.165, 1.54) is 0 Å². The normalized spacial score (nSPS) is 15.5. The minimum atomic E-state index is -0.858. The summed E-state index contributed by atoms with van der Waals surface area (Å²) in [4.78, 5) is 35.1. The van der Waals surface area contributed by atoms with Gasteiger partial charge in [0.1, 0.15) is 6.61 Å². The highest BCUT2D eigenvalue weighted by Crippen LogP contribution is 2.44. The van der Waals surface area contributed by atoms with Gasteiger partial charge in [-0.05, 0) is 46.9 Å². The molecule has 31 heavy (non-hydrogen) atoms. The summed E-state index contributed by atoms with van der Waals surface area (Å²) in [5, 5.41) is 14.2. The van der Waals surface area contributed by atoms with Gasteiger partial charge in [0.2, 0.25) is 5.91 Å². The van der Waals surface area contributed by atoms with Crippen LogP contribution in [0.1, 0.15) is 36.3 Å². The van der Waals surface area contributed by atoms with Crippen LogP contribution in [-0.4, -0.2) is 42.8 Å². The molecule has 2 aromatic carbocycles. The maximum Gasteiger partial charge on any atom is 0.407 e. The van der Waals surface area contributed by atoms with Gasteiger partial charge in [-0.25, -0.2) is 4.79 Å². The molecule has 0 aliphatic heterocycles. The van der Waals surface area contributed by atoms with Crippen LogP contribution in [0.25, 0.3) is 11.1 Å². The lowest BCUT2D eigenvalue weighted by molar-refractivity contribution is -0.138. The molecule has 0 saturated heterocycles. The lowest BCUT2D eigenvalue weighted by atomic mass is 9.98. The molecule has 0 heterocycles. The summed E-state index contributed by atoms with van der Waals surface area (Å²) in [7, 11) is 0. The Kier molecular flexibility index (Phi) is 6.21. The van der Waals surface area contributed by atoms with E-state index in [0.717, 1.165) is 35.1 Å². The second-order valence-electron chi connectivity index (χ2n) is 8.18. The van der Waals surface area contributed by atoms with Crippen molar-refractivity contribution >= 4 is 18.0 Å². The SMILES string of the molecule is O=C(O)CC(CNC(=O)CNC(=O)OCC1c2ccccc2-c2ccccc21)C1CC1. The summed E-state index contributed by atoms with van der Waals surface area (Å²) in [6, 6.07) is 16.2. The molecule has 162 valence electrons. The summed E-state index contributed by atoms with van der Waals surface area (Å²) in [5.41, 5.74) is 4.55. The molecule has 7 nitrogen and oxygen atoms in total. The van der Waals surface area contributed by atoms with Gasteiger partial charge in [0.05, 0.1) is 13.0 Å².